The highest BCUT2D eigenvalue weighted by atomic mass is 19.1. The van der Waals surface area contributed by atoms with Crippen LogP contribution < -0.4 is 0 Å². The van der Waals surface area contributed by atoms with Gasteiger partial charge in [-0.3, -0.25) is 9.69 Å². The van der Waals surface area contributed by atoms with Crippen LogP contribution in [0.5, 0.6) is 0 Å². The highest BCUT2D eigenvalue weighted by Crippen LogP contribution is 2.26. The molecule has 1 fully saturated rings. The molecule has 1 amide bonds. The van der Waals surface area contributed by atoms with Gasteiger partial charge in [-0.25, -0.2) is 9.37 Å². The maximum absolute atomic E-state index is 14.6. The van der Waals surface area contributed by atoms with E-state index in [1.807, 2.05) is 32.3 Å². The second-order valence-corrected chi connectivity index (χ2v) is 9.38. The lowest BCUT2D eigenvalue weighted by molar-refractivity contribution is -0.122. The summed E-state index contributed by atoms with van der Waals surface area (Å²) >= 11 is 0. The summed E-state index contributed by atoms with van der Waals surface area (Å²) in [6.45, 7) is 7.70. The molecule has 4 rings (SSSR count). The van der Waals surface area contributed by atoms with Crippen LogP contribution in [0.15, 0.2) is 60.4 Å². The van der Waals surface area contributed by atoms with E-state index in [4.69, 9.17) is 0 Å². The quantitative estimate of drug-likeness (QED) is 0.580. The number of amides is 1. The third-order valence-electron chi connectivity index (χ3n) is 6.52. The molecule has 1 saturated heterocycles. The number of fused-ring (bicyclic) bond motifs is 1. The molecule has 0 spiro atoms. The zero-order chi connectivity index (χ0) is 24.4. The largest absolute Gasteiger partial charge is 0.369 e. The van der Waals surface area contributed by atoms with Crippen molar-refractivity contribution in [3.05, 3.63) is 77.4 Å². The molecule has 2 aromatic heterocycles. The van der Waals surface area contributed by atoms with Crippen molar-refractivity contribution < 1.29 is 9.18 Å². The van der Waals surface area contributed by atoms with E-state index in [2.05, 4.69) is 48.0 Å². The normalized spacial score (nSPS) is 20.2. The van der Waals surface area contributed by atoms with Gasteiger partial charge in [-0.2, -0.15) is 0 Å². The standard InChI is InChI=1S/C27H34FN5O/c1-6-7-8-22-9-10-24(31-12-11-23(17-31)30(4)5)18-33(22)26(34)13-19(2)21-14-25(28)27-29-20(3)15-32(27)16-21/h8-10,13-16,18,23H,6-7,11-12,17H2,1-5H3. The molecule has 180 valence electrons. The molecular formula is C27H34FN5O. The molecular weight excluding hydrogens is 429 g/mol. The van der Waals surface area contributed by atoms with Crippen LogP contribution in [0.4, 0.5) is 4.39 Å². The van der Waals surface area contributed by atoms with Crippen molar-refractivity contribution in [1.29, 1.82) is 0 Å². The molecule has 1 unspecified atom stereocenters. The van der Waals surface area contributed by atoms with Crippen molar-refractivity contribution >= 4 is 17.1 Å². The lowest BCUT2D eigenvalue weighted by atomic mass is 10.1. The Balaban J connectivity index is 1.62. The van der Waals surface area contributed by atoms with E-state index < -0.39 is 5.82 Å². The molecule has 0 saturated carbocycles. The summed E-state index contributed by atoms with van der Waals surface area (Å²) in [5, 5.41) is 0. The predicted octanol–water partition coefficient (Wildman–Crippen LogP) is 4.74. The molecule has 0 bridgehead atoms. The molecule has 2 aliphatic rings. The smallest absolute Gasteiger partial charge is 0.255 e. The van der Waals surface area contributed by atoms with Crippen LogP contribution in [0.3, 0.4) is 0 Å². The van der Waals surface area contributed by atoms with Gasteiger partial charge in [0.25, 0.3) is 5.91 Å². The fourth-order valence-corrected chi connectivity index (χ4v) is 4.47. The van der Waals surface area contributed by atoms with E-state index in [1.54, 1.807) is 21.6 Å². The van der Waals surface area contributed by atoms with Gasteiger partial charge in [0, 0.05) is 49.5 Å². The van der Waals surface area contributed by atoms with Crippen LogP contribution in [0, 0.1) is 12.7 Å². The van der Waals surface area contributed by atoms with Gasteiger partial charge in [0.15, 0.2) is 11.5 Å². The number of pyridine rings is 1. The van der Waals surface area contributed by atoms with Crippen LogP contribution in [-0.2, 0) is 4.79 Å². The first-order chi connectivity index (χ1) is 16.3. The number of unbranched alkanes of at least 4 members (excludes halogenated alkanes) is 1. The van der Waals surface area contributed by atoms with E-state index in [0.29, 0.717) is 22.8 Å². The van der Waals surface area contributed by atoms with Gasteiger partial charge >= 0.3 is 0 Å². The van der Waals surface area contributed by atoms with Gasteiger partial charge in [0.1, 0.15) is 0 Å². The molecule has 2 aromatic rings. The fraction of sp³-hybridized carbons (Fsp3) is 0.407. The van der Waals surface area contributed by atoms with Crippen LogP contribution in [0.2, 0.25) is 0 Å². The fourth-order valence-electron chi connectivity index (χ4n) is 4.47. The Morgan fingerprint density at radius 3 is 2.79 bits per heavy atom. The van der Waals surface area contributed by atoms with Crippen molar-refractivity contribution in [1.82, 2.24) is 24.1 Å². The summed E-state index contributed by atoms with van der Waals surface area (Å²) in [7, 11) is 4.22. The third kappa shape index (κ3) is 4.99. The second kappa shape index (κ2) is 9.97. The number of allylic oxidation sites excluding steroid dienone is 4. The van der Waals surface area contributed by atoms with E-state index >= 15 is 0 Å². The molecule has 0 N–H and O–H groups in total. The van der Waals surface area contributed by atoms with Crippen LogP contribution in [0.1, 0.15) is 44.4 Å². The van der Waals surface area contributed by atoms with Gasteiger partial charge in [0.05, 0.1) is 11.4 Å². The van der Waals surface area contributed by atoms with Gasteiger partial charge < -0.3 is 14.2 Å². The number of nitrogens with zero attached hydrogens (tertiary/aromatic N) is 5. The number of aromatic nitrogens is 2. The minimum Gasteiger partial charge on any atom is -0.369 e. The first-order valence-electron chi connectivity index (χ1n) is 11.9. The minimum absolute atomic E-state index is 0.146. The molecule has 7 heteroatoms. The van der Waals surface area contributed by atoms with E-state index in [1.165, 1.54) is 6.07 Å². The first-order valence-corrected chi connectivity index (χ1v) is 11.9. The van der Waals surface area contributed by atoms with Crippen molar-refractivity contribution in [2.75, 3.05) is 27.2 Å². The summed E-state index contributed by atoms with van der Waals surface area (Å²) in [6.07, 6.45) is 16.3. The third-order valence-corrected chi connectivity index (χ3v) is 6.52. The van der Waals surface area contributed by atoms with Crippen LogP contribution in [0.25, 0.3) is 11.2 Å². The van der Waals surface area contributed by atoms with Crippen molar-refractivity contribution in [3.8, 4) is 0 Å². The summed E-state index contributed by atoms with van der Waals surface area (Å²) < 4.78 is 16.3. The first kappa shape index (κ1) is 24.0. The van der Waals surface area contributed by atoms with E-state index in [9.17, 15) is 9.18 Å². The Labute approximate surface area is 201 Å². The number of aryl methyl sites for hydroxylation is 1. The summed E-state index contributed by atoms with van der Waals surface area (Å²) in [6, 6.07) is 1.95. The molecule has 0 radical (unpaired) electrons. The van der Waals surface area contributed by atoms with Crippen LogP contribution in [-0.4, -0.2) is 63.2 Å². The summed E-state index contributed by atoms with van der Waals surface area (Å²) in [5.41, 5.74) is 4.30. The summed E-state index contributed by atoms with van der Waals surface area (Å²) in [5.74, 6) is -0.547. The van der Waals surface area contributed by atoms with Gasteiger partial charge in [-0.15, -0.1) is 0 Å². The molecule has 4 heterocycles. The number of carbonyl (C=O) groups is 1. The average Bonchev–Trinajstić information content (AvgIpc) is 3.44. The van der Waals surface area contributed by atoms with Gasteiger partial charge in [-0.05, 0) is 70.1 Å². The van der Waals surface area contributed by atoms with Gasteiger partial charge in [0.2, 0.25) is 0 Å². The maximum atomic E-state index is 14.6. The van der Waals surface area contributed by atoms with Crippen LogP contribution >= 0.6 is 0 Å². The molecule has 0 aliphatic carbocycles. The lowest BCUT2D eigenvalue weighted by Crippen LogP contribution is -2.33. The maximum Gasteiger partial charge on any atom is 0.255 e. The second-order valence-electron chi connectivity index (χ2n) is 9.38. The zero-order valence-corrected chi connectivity index (χ0v) is 20.8. The number of likely N-dealkylation sites (tertiary alicyclic amines) is 1. The van der Waals surface area contributed by atoms with Gasteiger partial charge in [-0.1, -0.05) is 19.4 Å². The van der Waals surface area contributed by atoms with E-state index in [0.717, 1.165) is 49.4 Å². The minimum atomic E-state index is -0.401. The Morgan fingerprint density at radius 2 is 2.09 bits per heavy atom. The van der Waals surface area contributed by atoms with Crippen molar-refractivity contribution in [2.24, 2.45) is 0 Å². The number of likely N-dealkylation sites (N-methyl/N-ethyl adjacent to an activating group) is 1. The topological polar surface area (TPSA) is 44.1 Å². The number of carbonyl (C=O) groups excluding carboxylic acids is 1. The number of halogens is 1. The van der Waals surface area contributed by atoms with Crippen molar-refractivity contribution in [2.45, 2.75) is 46.1 Å². The van der Waals surface area contributed by atoms with E-state index in [-0.39, 0.29) is 5.91 Å². The molecule has 0 aromatic carbocycles. The molecule has 2 aliphatic heterocycles. The monoisotopic (exact) mass is 463 g/mol. The highest BCUT2D eigenvalue weighted by molar-refractivity contribution is 5.97. The molecule has 34 heavy (non-hydrogen) atoms. The number of hydrogen-bond donors (Lipinski definition) is 0. The summed E-state index contributed by atoms with van der Waals surface area (Å²) in [4.78, 5) is 23.9. The number of hydrogen-bond acceptors (Lipinski definition) is 4. The average molecular weight is 464 g/mol. The Hall–Kier alpha value is -3.19. The highest BCUT2D eigenvalue weighted by Gasteiger charge is 2.27. The Kier molecular flexibility index (Phi) is 7.03. The van der Waals surface area contributed by atoms with Crippen molar-refractivity contribution in [3.63, 3.8) is 0 Å². The SMILES string of the molecule is CCCC=C1C=CC(N2CCC(N(C)C)C2)=CN1C(=O)C=C(C)c1cc(F)c2nc(C)cn2c1. The Morgan fingerprint density at radius 1 is 1.29 bits per heavy atom. The number of imidazole rings is 1. The molecule has 1 atom stereocenters. The molecule has 6 nitrogen and oxygen atoms in total. The Bertz CT molecular complexity index is 1200. The zero-order valence-electron chi connectivity index (χ0n) is 20.8. The number of rotatable bonds is 6. The predicted molar refractivity (Wildman–Crippen MR) is 134 cm³/mol. The lowest BCUT2D eigenvalue weighted by Gasteiger charge is -2.29.